The van der Waals surface area contributed by atoms with Crippen molar-refractivity contribution < 1.29 is 19.1 Å². The number of anilines is 1. The van der Waals surface area contributed by atoms with E-state index >= 15 is 0 Å². The van der Waals surface area contributed by atoms with Gasteiger partial charge in [0.2, 0.25) is 0 Å². The Kier molecular flexibility index (Phi) is 5.40. The highest BCUT2D eigenvalue weighted by Gasteiger charge is 2.45. The fourth-order valence-corrected chi connectivity index (χ4v) is 3.45. The molecule has 2 heterocycles. The SMILES string of the molecule is CCCCOC(=O)c1cn(C[C@H]2CN(c3ccc(C4(C#N)CC4)cc3)C(=O)O2)nn1. The number of amides is 1. The molecule has 2 fully saturated rings. The molecule has 1 aliphatic carbocycles. The minimum atomic E-state index is -0.509. The minimum absolute atomic E-state index is 0.134. The molecule has 1 aromatic heterocycles. The number of aromatic nitrogens is 3. The number of carbonyl (C=O) groups excluding carboxylic acids is 2. The molecule has 156 valence electrons. The Morgan fingerprint density at radius 1 is 1.37 bits per heavy atom. The molecule has 30 heavy (non-hydrogen) atoms. The van der Waals surface area contributed by atoms with E-state index in [1.165, 1.54) is 10.9 Å². The van der Waals surface area contributed by atoms with Gasteiger partial charge in [-0.2, -0.15) is 5.26 Å². The average Bonchev–Trinajstić information content (AvgIpc) is 3.28. The van der Waals surface area contributed by atoms with Gasteiger partial charge in [0, 0.05) is 5.69 Å². The standard InChI is InChI=1S/C21H23N5O4/c1-2-3-10-29-19(27)18-13-25(24-23-18)11-17-12-26(20(28)30-17)16-6-4-15(5-7-16)21(14-22)8-9-21/h4-7,13,17H,2-3,8-12H2,1H3/t17-/m0/s1. The maximum atomic E-state index is 12.3. The summed E-state index contributed by atoms with van der Waals surface area (Å²) in [6.07, 6.45) is 4.13. The van der Waals surface area contributed by atoms with Crippen molar-refractivity contribution in [2.75, 3.05) is 18.1 Å². The fraction of sp³-hybridized carbons (Fsp3) is 0.476. The number of unbranched alkanes of at least 4 members (excludes halogenated alkanes) is 1. The van der Waals surface area contributed by atoms with Crippen LogP contribution in [0.5, 0.6) is 0 Å². The van der Waals surface area contributed by atoms with E-state index in [-0.39, 0.29) is 17.7 Å². The van der Waals surface area contributed by atoms with E-state index in [0.29, 0.717) is 13.2 Å². The van der Waals surface area contributed by atoms with Crippen LogP contribution in [0.3, 0.4) is 0 Å². The number of hydrogen-bond donors (Lipinski definition) is 0. The molecule has 2 aliphatic rings. The van der Waals surface area contributed by atoms with Crippen molar-refractivity contribution in [1.29, 1.82) is 5.26 Å². The van der Waals surface area contributed by atoms with Crippen LogP contribution in [0.4, 0.5) is 10.5 Å². The fourth-order valence-electron chi connectivity index (χ4n) is 3.45. The summed E-state index contributed by atoms with van der Waals surface area (Å²) in [5.41, 5.74) is 1.49. The Balaban J connectivity index is 1.35. The maximum Gasteiger partial charge on any atom is 0.414 e. The van der Waals surface area contributed by atoms with Crippen LogP contribution in [-0.2, 0) is 21.4 Å². The van der Waals surface area contributed by atoms with E-state index in [0.717, 1.165) is 36.9 Å². The summed E-state index contributed by atoms with van der Waals surface area (Å²) in [5, 5.41) is 17.1. The largest absolute Gasteiger partial charge is 0.461 e. The number of hydrogen-bond acceptors (Lipinski definition) is 7. The molecule has 0 bridgehead atoms. The molecule has 0 spiro atoms. The molecular formula is C21H23N5O4. The highest BCUT2D eigenvalue weighted by Crippen LogP contribution is 2.47. The second-order valence-electron chi connectivity index (χ2n) is 7.67. The van der Waals surface area contributed by atoms with Crippen molar-refractivity contribution >= 4 is 17.7 Å². The highest BCUT2D eigenvalue weighted by molar-refractivity contribution is 5.89. The van der Waals surface area contributed by atoms with Crippen LogP contribution in [0.2, 0.25) is 0 Å². The lowest BCUT2D eigenvalue weighted by atomic mass is 9.97. The summed E-state index contributed by atoms with van der Waals surface area (Å²) >= 11 is 0. The molecule has 1 saturated heterocycles. The third-order valence-corrected chi connectivity index (χ3v) is 5.44. The Hall–Kier alpha value is -3.41. The normalized spacial score (nSPS) is 19.3. The van der Waals surface area contributed by atoms with Crippen molar-refractivity contribution in [2.45, 2.75) is 50.7 Å². The summed E-state index contributed by atoms with van der Waals surface area (Å²) in [4.78, 5) is 25.8. The second kappa shape index (κ2) is 8.14. The van der Waals surface area contributed by atoms with Gasteiger partial charge in [-0.3, -0.25) is 4.90 Å². The van der Waals surface area contributed by atoms with Crippen LogP contribution in [0.1, 0.15) is 48.7 Å². The molecule has 1 saturated carbocycles. The van der Waals surface area contributed by atoms with E-state index in [9.17, 15) is 14.9 Å². The number of rotatable bonds is 8. The molecule has 1 amide bonds. The van der Waals surface area contributed by atoms with E-state index < -0.39 is 18.2 Å². The van der Waals surface area contributed by atoms with Crippen molar-refractivity contribution in [3.8, 4) is 6.07 Å². The predicted octanol–water partition coefficient (Wildman–Crippen LogP) is 2.82. The van der Waals surface area contributed by atoms with Gasteiger partial charge in [-0.15, -0.1) is 5.10 Å². The number of esters is 1. The molecular weight excluding hydrogens is 386 g/mol. The first-order chi connectivity index (χ1) is 14.5. The van der Waals surface area contributed by atoms with Gasteiger partial charge in [-0.1, -0.05) is 30.7 Å². The van der Waals surface area contributed by atoms with Crippen molar-refractivity contribution in [3.05, 3.63) is 41.7 Å². The molecule has 1 atom stereocenters. The minimum Gasteiger partial charge on any atom is -0.461 e. The second-order valence-corrected chi connectivity index (χ2v) is 7.67. The Morgan fingerprint density at radius 3 is 2.80 bits per heavy atom. The zero-order chi connectivity index (χ0) is 21.1. The molecule has 1 aromatic carbocycles. The Morgan fingerprint density at radius 2 is 2.13 bits per heavy atom. The zero-order valence-electron chi connectivity index (χ0n) is 16.8. The smallest absolute Gasteiger partial charge is 0.414 e. The number of benzene rings is 1. The topological polar surface area (TPSA) is 110 Å². The number of nitriles is 1. The first-order valence-electron chi connectivity index (χ1n) is 10.1. The van der Waals surface area contributed by atoms with Crippen LogP contribution in [0.25, 0.3) is 0 Å². The van der Waals surface area contributed by atoms with Crippen molar-refractivity contribution in [2.24, 2.45) is 0 Å². The monoisotopic (exact) mass is 409 g/mol. The lowest BCUT2D eigenvalue weighted by Gasteiger charge is -2.14. The lowest BCUT2D eigenvalue weighted by molar-refractivity contribution is 0.0492. The summed E-state index contributed by atoms with van der Waals surface area (Å²) in [6, 6.07) is 9.86. The van der Waals surface area contributed by atoms with Gasteiger partial charge in [-0.25, -0.2) is 14.3 Å². The average molecular weight is 409 g/mol. The van der Waals surface area contributed by atoms with E-state index in [4.69, 9.17) is 9.47 Å². The van der Waals surface area contributed by atoms with Crippen LogP contribution in [0.15, 0.2) is 30.5 Å². The van der Waals surface area contributed by atoms with E-state index in [2.05, 4.69) is 16.4 Å². The highest BCUT2D eigenvalue weighted by atomic mass is 16.6. The van der Waals surface area contributed by atoms with Gasteiger partial charge in [0.15, 0.2) is 5.69 Å². The van der Waals surface area contributed by atoms with Crippen LogP contribution >= 0.6 is 0 Å². The van der Waals surface area contributed by atoms with Gasteiger partial charge in [-0.05, 0) is 37.0 Å². The number of carbonyl (C=O) groups is 2. The van der Waals surface area contributed by atoms with Crippen LogP contribution < -0.4 is 4.90 Å². The van der Waals surface area contributed by atoms with Gasteiger partial charge < -0.3 is 9.47 Å². The first-order valence-corrected chi connectivity index (χ1v) is 10.1. The van der Waals surface area contributed by atoms with Gasteiger partial charge in [0.05, 0.1) is 37.4 Å². The summed E-state index contributed by atoms with van der Waals surface area (Å²) in [7, 11) is 0. The molecule has 0 N–H and O–H groups in total. The molecule has 4 rings (SSSR count). The third-order valence-electron chi connectivity index (χ3n) is 5.44. The number of ether oxygens (including phenoxy) is 2. The Labute approximate surface area is 174 Å². The lowest BCUT2D eigenvalue weighted by Crippen LogP contribution is -2.26. The molecule has 9 heteroatoms. The molecule has 0 unspecified atom stereocenters. The third kappa shape index (κ3) is 3.99. The van der Waals surface area contributed by atoms with Crippen LogP contribution in [-0.4, -0.2) is 46.3 Å². The number of nitrogens with zero attached hydrogens (tertiary/aromatic N) is 5. The summed E-state index contributed by atoms with van der Waals surface area (Å²) in [6.45, 7) is 3.01. The molecule has 1 aliphatic heterocycles. The van der Waals surface area contributed by atoms with Crippen LogP contribution in [0, 0.1) is 11.3 Å². The maximum absolute atomic E-state index is 12.3. The molecule has 9 nitrogen and oxygen atoms in total. The Bertz CT molecular complexity index is 974. The van der Waals surface area contributed by atoms with Gasteiger partial charge >= 0.3 is 12.1 Å². The van der Waals surface area contributed by atoms with Crippen molar-refractivity contribution in [1.82, 2.24) is 15.0 Å². The van der Waals surface area contributed by atoms with E-state index in [1.54, 1.807) is 4.90 Å². The van der Waals surface area contributed by atoms with E-state index in [1.807, 2.05) is 31.2 Å². The molecule has 0 radical (unpaired) electrons. The predicted molar refractivity (Wildman–Crippen MR) is 106 cm³/mol. The summed E-state index contributed by atoms with van der Waals surface area (Å²) in [5.74, 6) is -0.509. The quantitative estimate of drug-likeness (QED) is 0.487. The summed E-state index contributed by atoms with van der Waals surface area (Å²) < 4.78 is 12.0. The molecule has 2 aromatic rings. The zero-order valence-corrected chi connectivity index (χ0v) is 16.8. The first kappa shape index (κ1) is 19.9. The van der Waals surface area contributed by atoms with Gasteiger partial charge in [0.25, 0.3) is 0 Å². The van der Waals surface area contributed by atoms with Gasteiger partial charge in [0.1, 0.15) is 6.10 Å². The number of cyclic esters (lactones) is 1. The van der Waals surface area contributed by atoms with Crippen molar-refractivity contribution in [3.63, 3.8) is 0 Å².